The van der Waals surface area contributed by atoms with Gasteiger partial charge >= 0.3 is 6.18 Å². The van der Waals surface area contributed by atoms with E-state index in [0.29, 0.717) is 12.1 Å². The quantitative estimate of drug-likeness (QED) is 0.740. The Bertz CT molecular complexity index is 429. The summed E-state index contributed by atoms with van der Waals surface area (Å²) < 4.78 is 36.1. The van der Waals surface area contributed by atoms with E-state index in [0.717, 1.165) is 5.56 Å². The summed E-state index contributed by atoms with van der Waals surface area (Å²) in [6, 6.07) is 7.23. The molecule has 0 unspecified atom stereocenters. The molecule has 0 bridgehead atoms. The zero-order chi connectivity index (χ0) is 14.5. The highest BCUT2D eigenvalue weighted by Gasteiger charge is 2.27. The molecule has 0 aliphatic heterocycles. The standard InChI is InChI=1S/C14H18F3NO/c1-11-5-3-4-6-12(11)13(19)7-9-18(2)10-8-14(15,16)17/h3-6H,7-10H2,1-2H3. The van der Waals surface area contributed by atoms with Gasteiger partial charge < -0.3 is 4.90 Å². The smallest absolute Gasteiger partial charge is 0.306 e. The van der Waals surface area contributed by atoms with Crippen LogP contribution in [-0.4, -0.2) is 37.0 Å². The van der Waals surface area contributed by atoms with Crippen molar-refractivity contribution in [3.63, 3.8) is 0 Å². The van der Waals surface area contributed by atoms with Gasteiger partial charge in [0.05, 0.1) is 6.42 Å². The molecular weight excluding hydrogens is 255 g/mol. The van der Waals surface area contributed by atoms with E-state index < -0.39 is 12.6 Å². The first-order chi connectivity index (χ1) is 8.79. The Morgan fingerprint density at radius 1 is 1.21 bits per heavy atom. The van der Waals surface area contributed by atoms with Gasteiger partial charge in [-0.1, -0.05) is 24.3 Å². The van der Waals surface area contributed by atoms with Gasteiger partial charge in [0.25, 0.3) is 0 Å². The molecule has 0 aliphatic carbocycles. The highest BCUT2D eigenvalue weighted by Crippen LogP contribution is 2.19. The van der Waals surface area contributed by atoms with E-state index in [2.05, 4.69) is 0 Å². The minimum absolute atomic E-state index is 0.0306. The molecule has 2 nitrogen and oxygen atoms in total. The number of ketones is 1. The summed E-state index contributed by atoms with van der Waals surface area (Å²) in [5.74, 6) is -0.0306. The van der Waals surface area contributed by atoms with Crippen molar-refractivity contribution in [2.75, 3.05) is 20.1 Å². The van der Waals surface area contributed by atoms with E-state index in [1.807, 2.05) is 19.1 Å². The molecule has 0 atom stereocenters. The van der Waals surface area contributed by atoms with E-state index in [1.165, 1.54) is 4.90 Å². The Labute approximate surface area is 111 Å². The summed E-state index contributed by atoms with van der Waals surface area (Å²) >= 11 is 0. The first-order valence-corrected chi connectivity index (χ1v) is 6.14. The maximum atomic E-state index is 12.0. The summed E-state index contributed by atoms with van der Waals surface area (Å²) in [5.41, 5.74) is 1.54. The molecule has 0 N–H and O–H groups in total. The predicted molar refractivity (Wildman–Crippen MR) is 68.3 cm³/mol. The SMILES string of the molecule is Cc1ccccc1C(=O)CCN(C)CCC(F)(F)F. The second-order valence-electron chi connectivity index (χ2n) is 4.66. The van der Waals surface area contributed by atoms with Gasteiger partial charge in [0, 0.05) is 25.1 Å². The molecule has 0 fully saturated rings. The van der Waals surface area contributed by atoms with Gasteiger partial charge in [0.15, 0.2) is 5.78 Å². The third-order valence-corrected chi connectivity index (χ3v) is 2.94. The molecule has 0 saturated heterocycles. The lowest BCUT2D eigenvalue weighted by Gasteiger charge is -2.17. The average Bonchev–Trinajstić information content (AvgIpc) is 2.33. The Hall–Kier alpha value is -1.36. The van der Waals surface area contributed by atoms with Crippen molar-refractivity contribution >= 4 is 5.78 Å². The summed E-state index contributed by atoms with van der Waals surface area (Å²) in [6.45, 7) is 2.11. The number of hydrogen-bond donors (Lipinski definition) is 0. The molecule has 0 amide bonds. The fraction of sp³-hybridized carbons (Fsp3) is 0.500. The summed E-state index contributed by atoms with van der Waals surface area (Å²) in [7, 11) is 1.59. The summed E-state index contributed by atoms with van der Waals surface area (Å²) in [6.07, 6.45) is -4.75. The van der Waals surface area contributed by atoms with Crippen LogP contribution in [-0.2, 0) is 0 Å². The minimum atomic E-state index is -4.14. The number of nitrogens with zero attached hydrogens (tertiary/aromatic N) is 1. The largest absolute Gasteiger partial charge is 0.390 e. The summed E-state index contributed by atoms with van der Waals surface area (Å²) in [5, 5.41) is 0. The molecule has 1 rings (SSSR count). The number of rotatable bonds is 6. The van der Waals surface area contributed by atoms with Gasteiger partial charge in [-0.15, -0.1) is 0 Å². The highest BCUT2D eigenvalue weighted by atomic mass is 19.4. The van der Waals surface area contributed by atoms with E-state index in [1.54, 1.807) is 19.2 Å². The van der Waals surface area contributed by atoms with Crippen LogP contribution in [0.4, 0.5) is 13.2 Å². The summed E-state index contributed by atoms with van der Waals surface area (Å²) in [4.78, 5) is 13.5. The van der Waals surface area contributed by atoms with Gasteiger partial charge in [-0.2, -0.15) is 13.2 Å². The molecule has 5 heteroatoms. The minimum Gasteiger partial charge on any atom is -0.306 e. The van der Waals surface area contributed by atoms with E-state index in [9.17, 15) is 18.0 Å². The second kappa shape index (κ2) is 6.70. The van der Waals surface area contributed by atoms with Gasteiger partial charge in [-0.3, -0.25) is 4.79 Å². The number of carbonyl (C=O) groups is 1. The van der Waals surface area contributed by atoms with Crippen molar-refractivity contribution in [2.45, 2.75) is 25.9 Å². The van der Waals surface area contributed by atoms with Crippen molar-refractivity contribution in [1.82, 2.24) is 4.90 Å². The van der Waals surface area contributed by atoms with Crippen LogP contribution in [0.3, 0.4) is 0 Å². The van der Waals surface area contributed by atoms with Gasteiger partial charge in [0.2, 0.25) is 0 Å². The van der Waals surface area contributed by atoms with E-state index in [-0.39, 0.29) is 18.7 Å². The molecule has 0 aliphatic rings. The van der Waals surface area contributed by atoms with Crippen molar-refractivity contribution in [3.05, 3.63) is 35.4 Å². The first kappa shape index (κ1) is 15.7. The highest BCUT2D eigenvalue weighted by molar-refractivity contribution is 5.97. The second-order valence-corrected chi connectivity index (χ2v) is 4.66. The fourth-order valence-corrected chi connectivity index (χ4v) is 1.74. The number of halogens is 3. The predicted octanol–water partition coefficient (Wildman–Crippen LogP) is 3.45. The topological polar surface area (TPSA) is 20.3 Å². The number of hydrogen-bond acceptors (Lipinski definition) is 2. The van der Waals surface area contributed by atoms with E-state index in [4.69, 9.17) is 0 Å². The molecule has 1 aromatic carbocycles. The zero-order valence-corrected chi connectivity index (χ0v) is 11.1. The van der Waals surface area contributed by atoms with Crippen LogP contribution in [0.15, 0.2) is 24.3 Å². The van der Waals surface area contributed by atoms with Gasteiger partial charge in [0.1, 0.15) is 0 Å². The number of benzene rings is 1. The zero-order valence-electron chi connectivity index (χ0n) is 11.1. The molecule has 0 aromatic heterocycles. The number of alkyl halides is 3. The lowest BCUT2D eigenvalue weighted by Crippen LogP contribution is -2.26. The monoisotopic (exact) mass is 273 g/mol. The van der Waals surface area contributed by atoms with Crippen LogP contribution in [0.2, 0.25) is 0 Å². The maximum Gasteiger partial charge on any atom is 0.390 e. The Morgan fingerprint density at radius 2 is 1.84 bits per heavy atom. The molecule has 0 radical (unpaired) electrons. The Morgan fingerprint density at radius 3 is 2.42 bits per heavy atom. The third-order valence-electron chi connectivity index (χ3n) is 2.94. The lowest BCUT2D eigenvalue weighted by molar-refractivity contribution is -0.137. The Kier molecular flexibility index (Phi) is 5.54. The van der Waals surface area contributed by atoms with Crippen LogP contribution in [0.25, 0.3) is 0 Å². The van der Waals surface area contributed by atoms with Crippen molar-refractivity contribution < 1.29 is 18.0 Å². The van der Waals surface area contributed by atoms with Crippen LogP contribution in [0.5, 0.6) is 0 Å². The van der Waals surface area contributed by atoms with Crippen molar-refractivity contribution in [3.8, 4) is 0 Å². The van der Waals surface area contributed by atoms with Crippen molar-refractivity contribution in [1.29, 1.82) is 0 Å². The van der Waals surface area contributed by atoms with E-state index >= 15 is 0 Å². The van der Waals surface area contributed by atoms with Gasteiger partial charge in [-0.25, -0.2) is 0 Å². The average molecular weight is 273 g/mol. The fourth-order valence-electron chi connectivity index (χ4n) is 1.74. The van der Waals surface area contributed by atoms with Gasteiger partial charge in [-0.05, 0) is 19.5 Å². The molecule has 1 aromatic rings. The lowest BCUT2D eigenvalue weighted by atomic mass is 10.0. The third kappa shape index (κ3) is 5.87. The maximum absolute atomic E-state index is 12.0. The molecule has 0 heterocycles. The number of carbonyl (C=O) groups excluding carboxylic acids is 1. The number of Topliss-reactive ketones (excluding diaryl/α,β-unsaturated/α-hetero) is 1. The molecule has 0 saturated carbocycles. The molecule has 0 spiro atoms. The first-order valence-electron chi connectivity index (χ1n) is 6.14. The van der Waals surface area contributed by atoms with Crippen LogP contribution < -0.4 is 0 Å². The van der Waals surface area contributed by atoms with Crippen molar-refractivity contribution in [2.24, 2.45) is 0 Å². The van der Waals surface area contributed by atoms with Crippen LogP contribution in [0.1, 0.15) is 28.8 Å². The Balaban J connectivity index is 2.41. The molecule has 106 valence electrons. The number of aryl methyl sites for hydroxylation is 1. The van der Waals surface area contributed by atoms with Crippen LogP contribution >= 0.6 is 0 Å². The van der Waals surface area contributed by atoms with Crippen LogP contribution in [0, 0.1) is 6.92 Å². The normalized spacial score (nSPS) is 11.9. The molecular formula is C14H18F3NO. The molecule has 19 heavy (non-hydrogen) atoms.